The molecular weight excluding hydrogens is 434 g/mol. The Morgan fingerprint density at radius 2 is 1.91 bits per heavy atom. The lowest BCUT2D eigenvalue weighted by atomic mass is 9.88. The summed E-state index contributed by atoms with van der Waals surface area (Å²) in [5, 5.41) is 7.73. The molecule has 4 aromatic rings. The molecule has 0 bridgehead atoms. The van der Waals surface area contributed by atoms with Crippen molar-refractivity contribution in [2.24, 2.45) is 0 Å². The number of rotatable bonds is 7. The van der Waals surface area contributed by atoms with Crippen molar-refractivity contribution in [2.45, 2.75) is 45.1 Å². The largest absolute Gasteiger partial charge is 0.382 e. The van der Waals surface area contributed by atoms with Crippen LogP contribution in [0.5, 0.6) is 0 Å². The van der Waals surface area contributed by atoms with Gasteiger partial charge >= 0.3 is 0 Å². The van der Waals surface area contributed by atoms with Crippen molar-refractivity contribution in [2.75, 3.05) is 18.4 Å². The molecule has 0 radical (unpaired) electrons. The van der Waals surface area contributed by atoms with Crippen LogP contribution in [0.15, 0.2) is 67.1 Å². The maximum absolute atomic E-state index is 13.1. The first-order chi connectivity index (χ1) is 17.0. The molecule has 0 atom stereocenters. The highest BCUT2D eigenvalue weighted by atomic mass is 16.1. The van der Waals surface area contributed by atoms with E-state index < -0.39 is 0 Å². The van der Waals surface area contributed by atoms with Gasteiger partial charge in [-0.1, -0.05) is 18.2 Å². The molecule has 1 fully saturated rings. The van der Waals surface area contributed by atoms with Crippen LogP contribution < -0.4 is 10.6 Å². The summed E-state index contributed by atoms with van der Waals surface area (Å²) in [6.07, 6.45) is 7.93. The van der Waals surface area contributed by atoms with Gasteiger partial charge in [-0.05, 0) is 81.6 Å². The summed E-state index contributed by atoms with van der Waals surface area (Å²) in [5.74, 6) is 0.606. The van der Waals surface area contributed by atoms with Crippen LogP contribution in [0.25, 0.3) is 22.2 Å². The van der Waals surface area contributed by atoms with Gasteiger partial charge < -0.3 is 10.6 Å². The van der Waals surface area contributed by atoms with E-state index in [2.05, 4.69) is 52.6 Å². The fourth-order valence-corrected chi connectivity index (χ4v) is 4.70. The number of hydrogen-bond acceptors (Lipinski definition) is 6. The molecule has 0 spiro atoms. The van der Waals surface area contributed by atoms with Crippen LogP contribution in [-0.2, 0) is 6.42 Å². The normalized spacial score (nSPS) is 14.4. The third kappa shape index (κ3) is 5.54. The Balaban J connectivity index is 1.36. The number of piperidine rings is 1. The van der Waals surface area contributed by atoms with Crippen molar-refractivity contribution < 1.29 is 4.79 Å². The number of carbonyl (C=O) groups excluding carboxylic acids is 1. The number of fused-ring (bicyclic) bond motifs is 1. The van der Waals surface area contributed by atoms with Gasteiger partial charge in [-0.25, -0.2) is 4.98 Å². The van der Waals surface area contributed by atoms with E-state index in [1.165, 1.54) is 5.56 Å². The molecule has 4 heterocycles. The van der Waals surface area contributed by atoms with Crippen molar-refractivity contribution >= 4 is 22.4 Å². The van der Waals surface area contributed by atoms with Crippen LogP contribution in [0.4, 0.5) is 5.69 Å². The Bertz CT molecular complexity index is 1340. The number of nitrogens with one attached hydrogen (secondary N) is 2. The van der Waals surface area contributed by atoms with E-state index in [1.54, 1.807) is 6.20 Å². The van der Waals surface area contributed by atoms with Gasteiger partial charge in [-0.2, -0.15) is 0 Å². The molecule has 5 rings (SSSR count). The topological polar surface area (TPSA) is 79.8 Å². The van der Waals surface area contributed by atoms with E-state index in [1.807, 2.05) is 42.7 Å². The number of aromatic nitrogens is 3. The predicted octanol–water partition coefficient (Wildman–Crippen LogP) is 5.40. The molecule has 6 nitrogen and oxygen atoms in total. The maximum atomic E-state index is 13.1. The molecule has 0 aliphatic carbocycles. The van der Waals surface area contributed by atoms with Gasteiger partial charge in [-0.15, -0.1) is 0 Å². The summed E-state index contributed by atoms with van der Waals surface area (Å²) < 4.78 is 0. The summed E-state index contributed by atoms with van der Waals surface area (Å²) in [7, 11) is 0. The number of carbonyl (C=O) groups is 1. The van der Waals surface area contributed by atoms with Crippen LogP contribution in [-0.4, -0.2) is 39.9 Å². The molecule has 0 amide bonds. The smallest absolute Gasteiger partial charge is 0.168 e. The number of pyridine rings is 3. The van der Waals surface area contributed by atoms with Crippen LogP contribution in [0.3, 0.4) is 0 Å². The van der Waals surface area contributed by atoms with Gasteiger partial charge in [0.2, 0.25) is 0 Å². The molecule has 1 aliphatic rings. The Morgan fingerprint density at radius 1 is 1.06 bits per heavy atom. The maximum Gasteiger partial charge on any atom is 0.168 e. The van der Waals surface area contributed by atoms with Gasteiger partial charge in [0.25, 0.3) is 0 Å². The first kappa shape index (κ1) is 23.1. The minimum absolute atomic E-state index is 0.0838. The highest BCUT2D eigenvalue weighted by Gasteiger charge is 2.17. The molecule has 178 valence electrons. The van der Waals surface area contributed by atoms with Crippen molar-refractivity contribution in [3.63, 3.8) is 0 Å². The van der Waals surface area contributed by atoms with E-state index in [0.717, 1.165) is 65.0 Å². The molecule has 3 aromatic heterocycles. The number of benzene rings is 1. The molecule has 2 N–H and O–H groups in total. The van der Waals surface area contributed by atoms with Crippen molar-refractivity contribution in [1.29, 1.82) is 0 Å². The summed E-state index contributed by atoms with van der Waals surface area (Å²) in [4.78, 5) is 26.9. The van der Waals surface area contributed by atoms with Crippen LogP contribution >= 0.6 is 0 Å². The second-order valence-electron chi connectivity index (χ2n) is 9.58. The van der Waals surface area contributed by atoms with Gasteiger partial charge in [0.15, 0.2) is 5.78 Å². The second kappa shape index (κ2) is 10.3. The van der Waals surface area contributed by atoms with Gasteiger partial charge in [-0.3, -0.25) is 14.8 Å². The number of Topliss-reactive ketones (excluding diaryl/α,β-unsaturated/α-hetero) is 1. The van der Waals surface area contributed by atoms with Crippen LogP contribution in [0.1, 0.15) is 54.2 Å². The van der Waals surface area contributed by atoms with Crippen molar-refractivity contribution in [1.82, 2.24) is 20.3 Å². The molecule has 0 unspecified atom stereocenters. The van der Waals surface area contributed by atoms with E-state index in [0.29, 0.717) is 12.0 Å². The molecule has 1 saturated heterocycles. The Morgan fingerprint density at radius 3 is 2.74 bits per heavy atom. The Kier molecular flexibility index (Phi) is 6.82. The van der Waals surface area contributed by atoms with Crippen molar-refractivity contribution in [3.05, 3.63) is 83.9 Å². The Hall–Kier alpha value is -3.64. The highest BCUT2D eigenvalue weighted by molar-refractivity contribution is 5.97. The third-order valence-electron chi connectivity index (χ3n) is 6.48. The number of ketones is 1. The summed E-state index contributed by atoms with van der Waals surface area (Å²) in [5.41, 5.74) is 6.33. The molecule has 6 heteroatoms. The van der Waals surface area contributed by atoms with E-state index in [-0.39, 0.29) is 12.2 Å². The van der Waals surface area contributed by atoms with Crippen LogP contribution in [0, 0.1) is 0 Å². The SMILES string of the molecule is CC(C)Nc1cncc(-c2ccc3cnc(CC(=O)c4cccc(C5CCNCC5)c4)cc3n2)c1. The number of nitrogens with zero attached hydrogens (tertiary/aromatic N) is 3. The molecule has 1 aromatic carbocycles. The van der Waals surface area contributed by atoms with Crippen LogP contribution in [0.2, 0.25) is 0 Å². The van der Waals surface area contributed by atoms with Crippen molar-refractivity contribution in [3.8, 4) is 11.3 Å². The van der Waals surface area contributed by atoms with Gasteiger partial charge in [0.05, 0.1) is 29.0 Å². The molecular formula is C29H31N5O. The summed E-state index contributed by atoms with van der Waals surface area (Å²) in [6, 6.07) is 16.4. The first-order valence-electron chi connectivity index (χ1n) is 12.4. The average Bonchev–Trinajstić information content (AvgIpc) is 2.88. The van der Waals surface area contributed by atoms with Gasteiger partial charge in [0, 0.05) is 41.1 Å². The number of hydrogen-bond donors (Lipinski definition) is 2. The number of anilines is 1. The average molecular weight is 466 g/mol. The zero-order valence-electron chi connectivity index (χ0n) is 20.3. The standard InChI is InChI=1S/C29H31N5O/c1-19(2)33-26-13-24(16-31-18-26)27-7-6-23-17-32-25(14-28(23)34-27)15-29(35)22-5-3-4-21(12-22)20-8-10-30-11-9-20/h3-7,12-14,16-20,30,33H,8-11,15H2,1-2H3. The zero-order valence-corrected chi connectivity index (χ0v) is 20.3. The lowest BCUT2D eigenvalue weighted by molar-refractivity contribution is 0.0992. The minimum atomic E-state index is 0.0838. The third-order valence-corrected chi connectivity index (χ3v) is 6.48. The second-order valence-corrected chi connectivity index (χ2v) is 9.58. The quantitative estimate of drug-likeness (QED) is 0.356. The van der Waals surface area contributed by atoms with Gasteiger partial charge in [0.1, 0.15) is 0 Å². The summed E-state index contributed by atoms with van der Waals surface area (Å²) >= 11 is 0. The molecule has 35 heavy (non-hydrogen) atoms. The minimum Gasteiger partial charge on any atom is -0.382 e. The molecule has 1 aliphatic heterocycles. The highest BCUT2D eigenvalue weighted by Crippen LogP contribution is 2.27. The zero-order chi connectivity index (χ0) is 24.2. The molecule has 0 saturated carbocycles. The lowest BCUT2D eigenvalue weighted by Crippen LogP contribution is -2.26. The summed E-state index contributed by atoms with van der Waals surface area (Å²) in [6.45, 7) is 6.27. The fraction of sp³-hybridized carbons (Fsp3) is 0.310. The van der Waals surface area contributed by atoms with E-state index in [9.17, 15) is 4.79 Å². The monoisotopic (exact) mass is 465 g/mol. The Labute approximate surface area is 206 Å². The van der Waals surface area contributed by atoms with E-state index >= 15 is 0 Å². The predicted molar refractivity (Wildman–Crippen MR) is 141 cm³/mol. The van der Waals surface area contributed by atoms with E-state index in [4.69, 9.17) is 4.98 Å². The lowest BCUT2D eigenvalue weighted by Gasteiger charge is -2.23. The fourth-order valence-electron chi connectivity index (χ4n) is 4.70. The first-order valence-corrected chi connectivity index (χ1v) is 12.4.